The molecule has 0 heterocycles. The van der Waals surface area contributed by atoms with Crippen molar-refractivity contribution in [2.24, 2.45) is 73.6 Å². The third kappa shape index (κ3) is 32.4. The van der Waals surface area contributed by atoms with Crippen LogP contribution in [0.3, 0.4) is 0 Å². The summed E-state index contributed by atoms with van der Waals surface area (Å²) in [5, 5.41) is 43.6. The molecule has 0 aliphatic heterocycles. The van der Waals surface area contributed by atoms with Gasteiger partial charge in [0.25, 0.3) is 0 Å². The number of aromatic hydroxyl groups is 1. The molecule has 1 aromatic carbocycles. The SMILES string of the molecule is CC(C)C[C@H](NC(=O)[C@H](CC(C)C)NC(=O)[C@H](CCCCN)NC(=O)[C@H](CCCN=C(N)N)NC(=O)[C@H](Cc1ccc(O)cc1)NC(=O)[C@H](CCC(N)=O)NC(=O)[C@H](CCC(N)=O)NC(=O)[C@H](CCCN=C(N)N)NC(=O)[C@@H](NC(=O)C(C)C)[C@@H](C)O)C(N)=O. The van der Waals surface area contributed by atoms with E-state index >= 15 is 0 Å². The Bertz CT molecular complexity index is 2610. The number of phenolic OH excluding ortho intramolecular Hbond substituents is 1. The monoisotopic (exact) mass is 1270 g/mol. The van der Waals surface area contributed by atoms with Crippen molar-refractivity contribution in [1.29, 1.82) is 0 Å². The van der Waals surface area contributed by atoms with E-state index < -0.39 is 163 Å². The third-order valence-corrected chi connectivity index (χ3v) is 13.7. The number of phenols is 1. The first kappa shape index (κ1) is 79.1. The average molecular weight is 1270 g/mol. The Morgan fingerprint density at radius 3 is 1.13 bits per heavy atom. The van der Waals surface area contributed by atoms with E-state index in [4.69, 9.17) is 45.9 Å². The largest absolute Gasteiger partial charge is 0.508 e. The van der Waals surface area contributed by atoms with E-state index in [9.17, 15) is 67.7 Å². The van der Waals surface area contributed by atoms with Crippen LogP contribution < -0.4 is 93.7 Å². The van der Waals surface area contributed by atoms with Gasteiger partial charge in [0.05, 0.1) is 6.10 Å². The molecule has 33 heteroatoms. The average Bonchev–Trinajstić information content (AvgIpc) is 1.28. The minimum Gasteiger partial charge on any atom is -0.508 e. The molecule has 1 rings (SSSR count). The van der Waals surface area contributed by atoms with Gasteiger partial charge in [0.15, 0.2) is 11.9 Å². The van der Waals surface area contributed by atoms with Crippen LogP contribution >= 0.6 is 0 Å². The number of carbonyl (C=O) groups excluding carboxylic acids is 12. The van der Waals surface area contributed by atoms with Crippen LogP contribution in [0, 0.1) is 17.8 Å². The van der Waals surface area contributed by atoms with Crippen LogP contribution in [-0.4, -0.2) is 173 Å². The first-order valence-corrected chi connectivity index (χ1v) is 30.0. The summed E-state index contributed by atoms with van der Waals surface area (Å²) in [5.41, 5.74) is 44.8. The zero-order valence-electron chi connectivity index (χ0n) is 52.6. The summed E-state index contributed by atoms with van der Waals surface area (Å²) in [4.78, 5) is 171. The highest BCUT2D eigenvalue weighted by molar-refractivity contribution is 5.99. The number of guanidine groups is 2. The number of nitrogens with two attached hydrogens (primary N) is 8. The van der Waals surface area contributed by atoms with Gasteiger partial charge in [-0.3, -0.25) is 67.5 Å². The maximum absolute atomic E-state index is 14.8. The smallest absolute Gasteiger partial charge is 0.245 e. The van der Waals surface area contributed by atoms with E-state index in [1.165, 1.54) is 31.2 Å². The van der Waals surface area contributed by atoms with E-state index in [0.717, 1.165) is 0 Å². The molecule has 1 aromatic rings. The molecule has 10 atom stereocenters. The molecule has 0 bridgehead atoms. The number of unbranched alkanes of at least 4 members (excludes halogenated alkanes) is 1. The summed E-state index contributed by atoms with van der Waals surface area (Å²) < 4.78 is 0. The van der Waals surface area contributed by atoms with Crippen molar-refractivity contribution in [3.05, 3.63) is 29.8 Å². The molecular formula is C57H99N19O14. The van der Waals surface area contributed by atoms with Gasteiger partial charge < -0.3 is 104 Å². The molecule has 0 fully saturated rings. The van der Waals surface area contributed by atoms with Gasteiger partial charge in [0.1, 0.15) is 60.1 Å². The lowest BCUT2D eigenvalue weighted by molar-refractivity contribution is -0.137. The highest BCUT2D eigenvalue weighted by Gasteiger charge is 2.37. The number of nitrogens with one attached hydrogen (secondary N) is 9. The highest BCUT2D eigenvalue weighted by atomic mass is 16.3. The second-order valence-corrected chi connectivity index (χ2v) is 23.1. The molecule has 12 amide bonds. The molecule has 0 saturated carbocycles. The Morgan fingerprint density at radius 1 is 0.422 bits per heavy atom. The molecule has 90 heavy (non-hydrogen) atoms. The molecule has 0 aliphatic rings. The number of rotatable bonds is 44. The molecule has 0 aliphatic carbocycles. The molecular weight excluding hydrogens is 1170 g/mol. The first-order valence-electron chi connectivity index (χ1n) is 30.0. The predicted octanol–water partition coefficient (Wildman–Crippen LogP) is -5.32. The first-order chi connectivity index (χ1) is 42.1. The zero-order chi connectivity index (χ0) is 68.4. The van der Waals surface area contributed by atoms with Gasteiger partial charge in [-0.25, -0.2) is 0 Å². The predicted molar refractivity (Wildman–Crippen MR) is 333 cm³/mol. The maximum atomic E-state index is 14.8. The van der Waals surface area contributed by atoms with Gasteiger partial charge in [0.2, 0.25) is 70.9 Å². The molecule has 27 N–H and O–H groups in total. The minimum absolute atomic E-state index is 0.00339. The topological polar surface area (TPSA) is 586 Å². The number of carbonyl (C=O) groups is 12. The van der Waals surface area contributed by atoms with Crippen LogP contribution in [0.1, 0.15) is 138 Å². The van der Waals surface area contributed by atoms with Gasteiger partial charge in [-0.15, -0.1) is 0 Å². The lowest BCUT2D eigenvalue weighted by Gasteiger charge is -2.29. The second-order valence-electron chi connectivity index (χ2n) is 23.1. The van der Waals surface area contributed by atoms with Crippen LogP contribution in [0.25, 0.3) is 0 Å². The summed E-state index contributed by atoms with van der Waals surface area (Å²) in [6, 6.07) is -7.80. The number of benzene rings is 1. The molecule has 0 radical (unpaired) electrons. The number of amides is 12. The lowest BCUT2D eigenvalue weighted by atomic mass is 9.99. The Balaban J connectivity index is 3.89. The zero-order valence-corrected chi connectivity index (χ0v) is 52.6. The van der Waals surface area contributed by atoms with Crippen LogP contribution in [0.2, 0.25) is 0 Å². The van der Waals surface area contributed by atoms with E-state index in [2.05, 4.69) is 57.8 Å². The number of aliphatic hydroxyl groups is 1. The van der Waals surface area contributed by atoms with Crippen LogP contribution in [0.15, 0.2) is 34.3 Å². The summed E-state index contributed by atoms with van der Waals surface area (Å²) in [6.45, 7) is 11.8. The Labute approximate surface area is 524 Å². The fourth-order valence-corrected chi connectivity index (χ4v) is 8.81. The van der Waals surface area contributed by atoms with E-state index in [0.29, 0.717) is 18.4 Å². The maximum Gasteiger partial charge on any atom is 0.245 e. The van der Waals surface area contributed by atoms with Crippen molar-refractivity contribution >= 4 is 82.8 Å². The third-order valence-electron chi connectivity index (χ3n) is 13.7. The fraction of sp³-hybridized carbons (Fsp3) is 0.649. The van der Waals surface area contributed by atoms with Crippen molar-refractivity contribution in [1.82, 2.24) is 47.9 Å². The number of aliphatic imine (C=N–C) groups is 2. The Kier molecular flexibility index (Phi) is 36.4. The van der Waals surface area contributed by atoms with Gasteiger partial charge in [-0.05, 0) is 114 Å². The van der Waals surface area contributed by atoms with Gasteiger partial charge >= 0.3 is 0 Å². The normalized spacial score (nSPS) is 14.4. The minimum atomic E-state index is -1.75. The molecule has 506 valence electrons. The highest BCUT2D eigenvalue weighted by Crippen LogP contribution is 2.15. The number of hydrogen-bond donors (Lipinski definition) is 19. The van der Waals surface area contributed by atoms with E-state index in [1.807, 2.05) is 27.7 Å². The lowest BCUT2D eigenvalue weighted by Crippen LogP contribution is -2.61. The molecule has 0 saturated heterocycles. The van der Waals surface area contributed by atoms with Crippen molar-refractivity contribution in [2.75, 3.05) is 19.6 Å². The van der Waals surface area contributed by atoms with Crippen LogP contribution in [0.4, 0.5) is 0 Å². The Morgan fingerprint density at radius 2 is 0.767 bits per heavy atom. The fourth-order valence-electron chi connectivity index (χ4n) is 8.81. The van der Waals surface area contributed by atoms with Gasteiger partial charge in [-0.1, -0.05) is 53.7 Å². The van der Waals surface area contributed by atoms with E-state index in [-0.39, 0.29) is 101 Å². The molecule has 0 aromatic heterocycles. The second kappa shape index (κ2) is 41.4. The van der Waals surface area contributed by atoms with Crippen LogP contribution in [0.5, 0.6) is 5.75 Å². The van der Waals surface area contributed by atoms with Crippen molar-refractivity contribution < 1.29 is 67.7 Å². The molecule has 33 nitrogen and oxygen atoms in total. The number of aliphatic hydroxyl groups excluding tert-OH is 1. The van der Waals surface area contributed by atoms with E-state index in [1.54, 1.807) is 13.8 Å². The van der Waals surface area contributed by atoms with Crippen molar-refractivity contribution in [3.8, 4) is 5.75 Å². The number of primary amides is 3. The van der Waals surface area contributed by atoms with Crippen molar-refractivity contribution in [3.63, 3.8) is 0 Å². The summed E-state index contributed by atoms with van der Waals surface area (Å²) in [6.07, 6.45) is -3.08. The molecule has 0 spiro atoms. The van der Waals surface area contributed by atoms with Crippen LogP contribution in [-0.2, 0) is 64.0 Å². The molecule has 0 unspecified atom stereocenters. The van der Waals surface area contributed by atoms with Gasteiger partial charge in [-0.2, -0.15) is 0 Å². The number of hydrogen-bond acceptors (Lipinski definition) is 17. The van der Waals surface area contributed by atoms with Gasteiger partial charge in [0, 0.05) is 38.3 Å². The Hall–Kier alpha value is -8.88. The van der Waals surface area contributed by atoms with Crippen molar-refractivity contribution in [2.45, 2.75) is 199 Å². The standard InChI is InChI=1S/C57H99N19O14/c1-29(2)26-40(46(61)81)73-53(88)41(27-30(3)4)74-50(85)35(12-8-9-23-58)68-48(83)36(13-10-24-66-56(62)63)69-54(89)42(28-33-15-17-34(78)18-16-33)75-52(87)39(20-22-44(60)80)71-51(86)38(19-21-43(59)79)70-49(84)37(14-11-25-67-57(64)65)72-55(90)45(32(7)77)76-47(82)31(5)6/h15-18,29-32,35-42,45,77-78H,8-14,19-28,58H2,1-7H3,(H2,59,79)(H2,60,80)(H2,61,81)(H,68,83)(H,69,89)(H,70,84)(H,71,86)(H,72,90)(H,73,88)(H,74,85)(H,75,87)(H,76,82)(H4,62,63,66)(H4,64,65,67)/t32-,35+,36+,37+,38+,39+,40+,41+,42+,45+/m1/s1. The quantitative estimate of drug-likeness (QED) is 0.0165. The summed E-state index contributed by atoms with van der Waals surface area (Å²) >= 11 is 0. The number of nitrogens with zero attached hydrogens (tertiary/aromatic N) is 2. The summed E-state index contributed by atoms with van der Waals surface area (Å²) in [7, 11) is 0. The summed E-state index contributed by atoms with van der Waals surface area (Å²) in [5.74, 6) is -12.4.